The lowest BCUT2D eigenvalue weighted by Gasteiger charge is -2.17. The summed E-state index contributed by atoms with van der Waals surface area (Å²) < 4.78 is 39.7. The van der Waals surface area contributed by atoms with Crippen molar-refractivity contribution in [2.75, 3.05) is 0 Å². The van der Waals surface area contributed by atoms with Gasteiger partial charge in [-0.25, -0.2) is 5.06 Å². The number of hydrogen-bond acceptors (Lipinski definition) is 5. The molecule has 0 radical (unpaired) electrons. The van der Waals surface area contributed by atoms with Crippen molar-refractivity contribution < 1.29 is 18.4 Å². The Morgan fingerprint density at radius 2 is 1.96 bits per heavy atom. The van der Waals surface area contributed by atoms with Gasteiger partial charge in [-0.3, -0.25) is 14.6 Å². The van der Waals surface area contributed by atoms with Crippen molar-refractivity contribution in [3.63, 3.8) is 0 Å². The van der Waals surface area contributed by atoms with Crippen LogP contribution in [0.4, 0.5) is 18.9 Å². The molecule has 6 nitrogen and oxygen atoms in total. The average Bonchev–Trinajstić information content (AvgIpc) is 3.08. The number of benzene rings is 1. The summed E-state index contributed by atoms with van der Waals surface area (Å²) in [6.45, 7) is -1.43. The van der Waals surface area contributed by atoms with Gasteiger partial charge in [0.2, 0.25) is 0 Å². The van der Waals surface area contributed by atoms with Crippen molar-refractivity contribution in [3.05, 3.63) is 63.4 Å². The zero-order valence-corrected chi connectivity index (χ0v) is 14.3. The van der Waals surface area contributed by atoms with Crippen LogP contribution in [0.3, 0.4) is 0 Å². The van der Waals surface area contributed by atoms with E-state index in [1.165, 1.54) is 12.3 Å². The molecule has 0 aliphatic carbocycles. The number of alkyl halides is 3. The standard InChI is InChI=1S/C17H11F3N4O2.ClH/c18-17(19,20)9-23-14-7-10(13-3-1-2-6-24(13)26)4-5-11(14)15-12(16(23)25)8-21-22-15;/h1-8,26H,9H2;1H. The minimum Gasteiger partial charge on any atom is -0.298 e. The van der Waals surface area contributed by atoms with Crippen LogP contribution in [0.15, 0.2) is 57.7 Å². The predicted molar refractivity (Wildman–Crippen MR) is 95.1 cm³/mol. The minimum atomic E-state index is -4.57. The predicted octanol–water partition coefficient (Wildman–Crippen LogP) is 2.70. The maximum Gasteiger partial charge on any atom is 0.406 e. The zero-order valence-electron chi connectivity index (χ0n) is 13.5. The molecule has 4 rings (SSSR count). The number of hydrogen-bond donors (Lipinski definition) is 1. The molecule has 0 saturated carbocycles. The molecule has 27 heavy (non-hydrogen) atoms. The molecule has 140 valence electrons. The summed E-state index contributed by atoms with van der Waals surface area (Å²) in [5, 5.41) is 19.2. The van der Waals surface area contributed by atoms with Crippen LogP contribution >= 0.6 is 12.4 Å². The second-order valence-corrected chi connectivity index (χ2v) is 5.78. The smallest absolute Gasteiger partial charge is 0.298 e. The summed E-state index contributed by atoms with van der Waals surface area (Å²) in [5.41, 5.74) is -0.118. The van der Waals surface area contributed by atoms with Crippen molar-refractivity contribution in [1.29, 1.82) is 0 Å². The van der Waals surface area contributed by atoms with Crippen LogP contribution in [0.5, 0.6) is 0 Å². The third-order valence-electron chi connectivity index (χ3n) is 4.09. The first-order valence-corrected chi connectivity index (χ1v) is 7.57. The molecule has 1 N–H and O–H groups in total. The van der Waals surface area contributed by atoms with E-state index in [-0.39, 0.29) is 28.8 Å². The molecule has 2 aliphatic rings. The summed E-state index contributed by atoms with van der Waals surface area (Å²) in [6.07, 6.45) is 2.88. The monoisotopic (exact) mass is 396 g/mol. The molecule has 0 unspecified atom stereocenters. The Balaban J connectivity index is 0.00000210. The molecule has 10 heteroatoms. The Morgan fingerprint density at radius 1 is 1.19 bits per heavy atom. The van der Waals surface area contributed by atoms with E-state index in [4.69, 9.17) is 0 Å². The third kappa shape index (κ3) is 3.26. The molecule has 2 aliphatic heterocycles. The van der Waals surface area contributed by atoms with Gasteiger partial charge < -0.3 is 0 Å². The molecule has 2 aromatic rings. The highest BCUT2D eigenvalue weighted by Gasteiger charge is 2.30. The van der Waals surface area contributed by atoms with E-state index in [0.29, 0.717) is 20.9 Å². The number of halogens is 4. The molecule has 0 fully saturated rings. The first-order chi connectivity index (χ1) is 12.3. The van der Waals surface area contributed by atoms with Gasteiger partial charge in [0, 0.05) is 16.8 Å². The minimum absolute atomic E-state index is 0. The lowest BCUT2D eigenvalue weighted by molar-refractivity contribution is -0.140. The lowest BCUT2D eigenvalue weighted by Crippen LogP contribution is -2.38. The summed E-state index contributed by atoms with van der Waals surface area (Å²) in [5.74, 6) is 0. The van der Waals surface area contributed by atoms with Crippen molar-refractivity contribution in [2.24, 2.45) is 10.2 Å². The largest absolute Gasteiger partial charge is 0.406 e. The van der Waals surface area contributed by atoms with Gasteiger partial charge in [0.1, 0.15) is 12.2 Å². The van der Waals surface area contributed by atoms with Crippen LogP contribution in [0.1, 0.15) is 0 Å². The fourth-order valence-corrected chi connectivity index (χ4v) is 2.98. The molecule has 3 heterocycles. The maximum absolute atomic E-state index is 13.0. The first kappa shape index (κ1) is 18.9. The topological polar surface area (TPSA) is 70.2 Å². The number of allylic oxidation sites excluding steroid dienone is 2. The highest BCUT2D eigenvalue weighted by molar-refractivity contribution is 5.91. The zero-order chi connectivity index (χ0) is 18.5. The summed E-state index contributed by atoms with van der Waals surface area (Å²) in [4.78, 5) is 12.5. The van der Waals surface area contributed by atoms with E-state index in [0.717, 1.165) is 11.3 Å². The van der Waals surface area contributed by atoms with Gasteiger partial charge in [-0.2, -0.15) is 18.3 Å². The van der Waals surface area contributed by atoms with Gasteiger partial charge in [-0.1, -0.05) is 12.1 Å². The van der Waals surface area contributed by atoms with Gasteiger partial charge in [0.25, 0.3) is 5.56 Å². The highest BCUT2D eigenvalue weighted by Crippen LogP contribution is 2.25. The molecular formula is C17H12ClF3N4O2. The third-order valence-corrected chi connectivity index (χ3v) is 4.09. The van der Waals surface area contributed by atoms with Gasteiger partial charge in [0.15, 0.2) is 0 Å². The number of nitrogens with zero attached hydrogens (tertiary/aromatic N) is 4. The van der Waals surface area contributed by atoms with E-state index in [9.17, 15) is 23.2 Å². The number of rotatable bonds is 1. The van der Waals surface area contributed by atoms with Crippen LogP contribution in [-0.2, 0) is 6.54 Å². The van der Waals surface area contributed by atoms with Crippen LogP contribution in [-0.4, -0.2) is 21.0 Å². The Kier molecular flexibility index (Phi) is 4.66. The molecular weight excluding hydrogens is 385 g/mol. The lowest BCUT2D eigenvalue weighted by atomic mass is 10.1. The number of hydroxylamine groups is 2. The number of azo groups is 1. The van der Waals surface area contributed by atoms with Crippen molar-refractivity contribution in [1.82, 2.24) is 9.63 Å². The normalized spacial score (nSPS) is 17.1. The molecule has 1 aromatic carbocycles. The van der Waals surface area contributed by atoms with Gasteiger partial charge in [-0.15, -0.1) is 17.5 Å². The second kappa shape index (κ2) is 6.67. The first-order valence-electron chi connectivity index (χ1n) is 7.57. The highest BCUT2D eigenvalue weighted by atomic mass is 35.5. The molecule has 0 spiro atoms. The summed E-state index contributed by atoms with van der Waals surface area (Å²) in [7, 11) is 0. The van der Waals surface area contributed by atoms with Crippen molar-refractivity contribution in [3.8, 4) is 0 Å². The van der Waals surface area contributed by atoms with Crippen molar-refractivity contribution >= 4 is 40.9 Å². The summed E-state index contributed by atoms with van der Waals surface area (Å²) in [6, 6.07) is 4.64. The fourth-order valence-electron chi connectivity index (χ4n) is 2.98. The SMILES string of the molecule is Cl.O=c1c2c(c3ccc(=C4C=CC=CN4O)cc3n1CC(F)(F)F)N=NC=2. The van der Waals surface area contributed by atoms with E-state index >= 15 is 0 Å². The number of aromatic nitrogens is 1. The molecule has 1 aromatic heterocycles. The quantitative estimate of drug-likeness (QED) is 0.805. The van der Waals surface area contributed by atoms with Crippen LogP contribution in [0.25, 0.3) is 22.8 Å². The Labute approximate surface area is 155 Å². The van der Waals surface area contributed by atoms with Crippen LogP contribution < -0.4 is 16.0 Å². The van der Waals surface area contributed by atoms with Crippen molar-refractivity contribution in [2.45, 2.75) is 12.7 Å². The summed E-state index contributed by atoms with van der Waals surface area (Å²) >= 11 is 0. The van der Waals surface area contributed by atoms with E-state index < -0.39 is 18.3 Å². The van der Waals surface area contributed by atoms with Gasteiger partial charge >= 0.3 is 6.18 Å². The van der Waals surface area contributed by atoms with Gasteiger partial charge in [0.05, 0.1) is 22.6 Å². The molecule has 0 atom stereocenters. The maximum atomic E-state index is 13.0. The molecule has 0 bridgehead atoms. The molecule has 0 amide bonds. The van der Waals surface area contributed by atoms with E-state index in [1.54, 1.807) is 30.4 Å². The average molecular weight is 397 g/mol. The van der Waals surface area contributed by atoms with Gasteiger partial charge in [-0.05, 0) is 24.3 Å². The van der Waals surface area contributed by atoms with E-state index in [1.807, 2.05) is 0 Å². The number of fused-ring (bicyclic) bond motifs is 3. The van der Waals surface area contributed by atoms with Crippen LogP contribution in [0, 0.1) is 0 Å². The molecule has 0 saturated heterocycles. The Hall–Kier alpha value is -2.91. The number of pyridine rings is 1. The van der Waals surface area contributed by atoms with E-state index in [2.05, 4.69) is 10.2 Å². The second-order valence-electron chi connectivity index (χ2n) is 5.78. The Bertz CT molecular complexity index is 1200. The van der Waals surface area contributed by atoms with Crippen LogP contribution in [0.2, 0.25) is 0 Å². The fraction of sp³-hybridized carbons (Fsp3) is 0.118. The Morgan fingerprint density at radius 3 is 2.67 bits per heavy atom.